The van der Waals surface area contributed by atoms with Gasteiger partial charge in [-0.1, -0.05) is 24.3 Å². The van der Waals surface area contributed by atoms with Gasteiger partial charge in [-0.15, -0.1) is 0 Å². The zero-order valence-electron chi connectivity index (χ0n) is 11.2. The Kier molecular flexibility index (Phi) is 5.08. The third kappa shape index (κ3) is 4.37. The van der Waals surface area contributed by atoms with Gasteiger partial charge in [-0.05, 0) is 17.7 Å². The summed E-state index contributed by atoms with van der Waals surface area (Å²) in [6.07, 6.45) is 1.67. The molecular formula is C15H16N2O3. The monoisotopic (exact) mass is 272 g/mol. The first-order valence-electron chi connectivity index (χ1n) is 6.21. The smallest absolute Gasteiger partial charge is 0.246 e. The number of para-hydroxylation sites is 1. The first-order chi connectivity index (χ1) is 9.78. The van der Waals surface area contributed by atoms with Crippen LogP contribution in [-0.2, 0) is 16.1 Å². The summed E-state index contributed by atoms with van der Waals surface area (Å²) in [5.74, 6) is 1.10. The Morgan fingerprint density at radius 1 is 1.20 bits per heavy atom. The van der Waals surface area contributed by atoms with Crippen LogP contribution in [0.2, 0.25) is 0 Å². The molecule has 1 aromatic carbocycles. The van der Waals surface area contributed by atoms with Crippen LogP contribution in [0.4, 0.5) is 0 Å². The summed E-state index contributed by atoms with van der Waals surface area (Å²) < 4.78 is 10.3. The molecule has 0 aliphatic rings. The highest BCUT2D eigenvalue weighted by atomic mass is 16.5. The second kappa shape index (κ2) is 7.25. The number of hydrogen-bond donors (Lipinski definition) is 1. The van der Waals surface area contributed by atoms with Crippen LogP contribution >= 0.6 is 0 Å². The summed E-state index contributed by atoms with van der Waals surface area (Å²) >= 11 is 0. The maximum absolute atomic E-state index is 11.2. The van der Waals surface area contributed by atoms with E-state index in [-0.39, 0.29) is 12.5 Å². The highest BCUT2D eigenvalue weighted by molar-refractivity contribution is 5.77. The van der Waals surface area contributed by atoms with Crippen molar-refractivity contribution in [2.45, 2.75) is 6.54 Å². The lowest BCUT2D eigenvalue weighted by molar-refractivity contribution is -0.124. The van der Waals surface area contributed by atoms with E-state index in [2.05, 4.69) is 10.3 Å². The molecule has 0 saturated carbocycles. The number of carbonyl (C=O) groups is 1. The quantitative estimate of drug-likeness (QED) is 0.875. The van der Waals surface area contributed by atoms with Crippen LogP contribution in [0.1, 0.15) is 5.56 Å². The Bertz CT molecular complexity index is 541. The normalized spacial score (nSPS) is 10.1. The van der Waals surface area contributed by atoms with Crippen molar-refractivity contribution in [1.29, 1.82) is 0 Å². The van der Waals surface area contributed by atoms with Crippen molar-refractivity contribution < 1.29 is 14.3 Å². The molecule has 1 aromatic heterocycles. The number of rotatable bonds is 6. The predicted molar refractivity (Wildman–Crippen MR) is 74.5 cm³/mol. The second-order valence-electron chi connectivity index (χ2n) is 4.13. The van der Waals surface area contributed by atoms with Crippen molar-refractivity contribution in [2.24, 2.45) is 0 Å². The molecule has 5 heteroatoms. The van der Waals surface area contributed by atoms with Crippen LogP contribution < -0.4 is 10.1 Å². The van der Waals surface area contributed by atoms with Gasteiger partial charge >= 0.3 is 0 Å². The number of methoxy groups -OCH3 is 1. The zero-order chi connectivity index (χ0) is 14.2. The summed E-state index contributed by atoms with van der Waals surface area (Å²) in [5.41, 5.74) is 0.898. The topological polar surface area (TPSA) is 60.5 Å². The number of aromatic nitrogens is 1. The van der Waals surface area contributed by atoms with Gasteiger partial charge in [0, 0.05) is 25.9 Å². The molecule has 5 nitrogen and oxygen atoms in total. The number of amides is 1. The van der Waals surface area contributed by atoms with Crippen LogP contribution in [0.5, 0.6) is 11.6 Å². The number of benzene rings is 1. The van der Waals surface area contributed by atoms with Gasteiger partial charge < -0.3 is 14.8 Å². The first kappa shape index (κ1) is 14.0. The van der Waals surface area contributed by atoms with E-state index in [1.165, 1.54) is 7.11 Å². The van der Waals surface area contributed by atoms with Gasteiger partial charge in [0.25, 0.3) is 0 Å². The highest BCUT2D eigenvalue weighted by Gasteiger charge is 2.02. The van der Waals surface area contributed by atoms with Crippen molar-refractivity contribution >= 4 is 5.91 Å². The minimum absolute atomic E-state index is 0.0582. The standard InChI is InChI=1S/C15H16N2O3/c1-19-11-14(18)16-9-12-7-8-15(17-10-12)20-13-5-3-2-4-6-13/h2-8,10H,9,11H2,1H3,(H,16,18). The molecule has 0 aliphatic heterocycles. The lowest BCUT2D eigenvalue weighted by atomic mass is 10.3. The second-order valence-corrected chi connectivity index (χ2v) is 4.13. The molecule has 0 radical (unpaired) electrons. The predicted octanol–water partition coefficient (Wildman–Crippen LogP) is 2.14. The van der Waals surface area contributed by atoms with Gasteiger partial charge in [-0.25, -0.2) is 4.98 Å². The molecule has 0 atom stereocenters. The minimum Gasteiger partial charge on any atom is -0.439 e. The number of ether oxygens (including phenoxy) is 2. The van der Waals surface area contributed by atoms with Crippen LogP contribution in [0.25, 0.3) is 0 Å². The third-order valence-electron chi connectivity index (χ3n) is 2.53. The maximum Gasteiger partial charge on any atom is 0.246 e. The molecule has 1 amide bonds. The van der Waals surface area contributed by atoms with E-state index in [0.29, 0.717) is 12.4 Å². The van der Waals surface area contributed by atoms with E-state index in [4.69, 9.17) is 9.47 Å². The molecule has 104 valence electrons. The minimum atomic E-state index is -0.155. The molecule has 2 rings (SSSR count). The average molecular weight is 272 g/mol. The number of hydrogen-bond acceptors (Lipinski definition) is 4. The lowest BCUT2D eigenvalue weighted by Crippen LogP contribution is -2.26. The molecular weight excluding hydrogens is 256 g/mol. The molecule has 0 bridgehead atoms. The van der Waals surface area contributed by atoms with E-state index < -0.39 is 0 Å². The van der Waals surface area contributed by atoms with E-state index in [0.717, 1.165) is 11.3 Å². The summed E-state index contributed by atoms with van der Waals surface area (Å²) in [6.45, 7) is 0.476. The third-order valence-corrected chi connectivity index (χ3v) is 2.53. The maximum atomic E-state index is 11.2. The molecule has 0 unspecified atom stereocenters. The van der Waals surface area contributed by atoms with E-state index in [9.17, 15) is 4.79 Å². The van der Waals surface area contributed by atoms with Gasteiger partial charge in [0.1, 0.15) is 12.4 Å². The van der Waals surface area contributed by atoms with Crippen molar-refractivity contribution in [1.82, 2.24) is 10.3 Å². The van der Waals surface area contributed by atoms with Gasteiger partial charge in [-0.2, -0.15) is 0 Å². The number of carbonyl (C=O) groups excluding carboxylic acids is 1. The number of nitrogens with one attached hydrogen (secondary N) is 1. The Morgan fingerprint density at radius 2 is 2.00 bits per heavy atom. The zero-order valence-corrected chi connectivity index (χ0v) is 11.2. The van der Waals surface area contributed by atoms with Crippen molar-refractivity contribution in [2.75, 3.05) is 13.7 Å². The average Bonchev–Trinajstić information content (AvgIpc) is 2.48. The summed E-state index contributed by atoms with van der Waals surface area (Å²) in [4.78, 5) is 15.4. The van der Waals surface area contributed by atoms with Crippen molar-refractivity contribution in [3.63, 3.8) is 0 Å². The Hall–Kier alpha value is -2.40. The molecule has 20 heavy (non-hydrogen) atoms. The molecule has 2 aromatic rings. The molecule has 0 saturated heterocycles. The SMILES string of the molecule is COCC(=O)NCc1ccc(Oc2ccccc2)nc1. The van der Waals surface area contributed by atoms with Crippen molar-refractivity contribution in [3.8, 4) is 11.6 Å². The summed E-state index contributed by atoms with van der Waals surface area (Å²) in [5, 5.41) is 2.72. The largest absolute Gasteiger partial charge is 0.439 e. The molecule has 0 fully saturated rings. The van der Waals surface area contributed by atoms with Gasteiger partial charge in [0.2, 0.25) is 11.8 Å². The van der Waals surface area contributed by atoms with E-state index in [1.807, 2.05) is 36.4 Å². The molecule has 0 spiro atoms. The van der Waals surface area contributed by atoms with Gasteiger partial charge in [-0.3, -0.25) is 4.79 Å². The molecule has 0 aliphatic carbocycles. The van der Waals surface area contributed by atoms with Crippen LogP contribution in [0, 0.1) is 0 Å². The van der Waals surface area contributed by atoms with Crippen LogP contribution in [-0.4, -0.2) is 24.6 Å². The Labute approximate surface area is 117 Å². The van der Waals surface area contributed by atoms with Crippen LogP contribution in [0.15, 0.2) is 48.7 Å². The van der Waals surface area contributed by atoms with E-state index >= 15 is 0 Å². The number of pyridine rings is 1. The van der Waals surface area contributed by atoms with Crippen LogP contribution in [0.3, 0.4) is 0 Å². The van der Waals surface area contributed by atoms with E-state index in [1.54, 1.807) is 12.3 Å². The van der Waals surface area contributed by atoms with Gasteiger partial charge in [0.05, 0.1) is 0 Å². The van der Waals surface area contributed by atoms with Crippen molar-refractivity contribution in [3.05, 3.63) is 54.2 Å². The fourth-order valence-corrected chi connectivity index (χ4v) is 1.57. The highest BCUT2D eigenvalue weighted by Crippen LogP contribution is 2.18. The van der Waals surface area contributed by atoms with Gasteiger partial charge in [0.15, 0.2) is 0 Å². The Balaban J connectivity index is 1.88. The fraction of sp³-hybridized carbons (Fsp3) is 0.200. The molecule has 1 heterocycles. The summed E-state index contributed by atoms with van der Waals surface area (Å²) in [6, 6.07) is 13.1. The summed E-state index contributed by atoms with van der Waals surface area (Å²) in [7, 11) is 1.48. The Morgan fingerprint density at radius 3 is 2.65 bits per heavy atom. The first-order valence-corrected chi connectivity index (χ1v) is 6.21. The number of nitrogens with zero attached hydrogens (tertiary/aromatic N) is 1. The lowest BCUT2D eigenvalue weighted by Gasteiger charge is -2.06. The molecule has 1 N–H and O–H groups in total. The fourth-order valence-electron chi connectivity index (χ4n) is 1.57.